The Bertz CT molecular complexity index is 596. The van der Waals surface area contributed by atoms with Crippen LogP contribution >= 0.6 is 11.3 Å². The van der Waals surface area contributed by atoms with E-state index < -0.39 is 0 Å². The van der Waals surface area contributed by atoms with Crippen molar-refractivity contribution >= 4 is 17.2 Å². The van der Waals surface area contributed by atoms with Crippen LogP contribution < -0.4 is 5.32 Å². The maximum Gasteiger partial charge on any atom is 0.245 e. The van der Waals surface area contributed by atoms with E-state index in [9.17, 15) is 4.79 Å². The Kier molecular flexibility index (Phi) is 3.80. The predicted molar refractivity (Wildman–Crippen MR) is 79.5 cm³/mol. The lowest BCUT2D eigenvalue weighted by molar-refractivity contribution is -0.133. The molecule has 0 radical (unpaired) electrons. The fourth-order valence-corrected chi connectivity index (χ4v) is 3.65. The zero-order chi connectivity index (χ0) is 13.9. The Hall–Kier alpha value is -1.72. The summed E-state index contributed by atoms with van der Waals surface area (Å²) < 4.78 is 0. The second-order valence-corrected chi connectivity index (χ2v) is 5.85. The minimum absolute atomic E-state index is 0.151. The van der Waals surface area contributed by atoms with Gasteiger partial charge in [-0.3, -0.25) is 9.78 Å². The molecule has 1 N–H and O–H groups in total. The number of aromatic nitrogens is 1. The van der Waals surface area contributed by atoms with Crippen molar-refractivity contribution < 1.29 is 4.79 Å². The van der Waals surface area contributed by atoms with Crippen molar-refractivity contribution in [1.29, 1.82) is 0 Å². The van der Waals surface area contributed by atoms with Crippen molar-refractivity contribution in [2.75, 3.05) is 13.6 Å². The highest BCUT2D eigenvalue weighted by Gasteiger charge is 2.30. The Balaban J connectivity index is 1.84. The monoisotopic (exact) mass is 287 g/mol. The number of likely N-dealkylation sites (N-methyl/N-ethyl adjacent to an activating group) is 1. The van der Waals surface area contributed by atoms with Gasteiger partial charge in [0, 0.05) is 30.4 Å². The molecule has 1 unspecified atom stereocenters. The van der Waals surface area contributed by atoms with E-state index in [1.165, 1.54) is 5.56 Å². The van der Waals surface area contributed by atoms with Gasteiger partial charge in [0.2, 0.25) is 5.91 Å². The van der Waals surface area contributed by atoms with Crippen molar-refractivity contribution in [2.45, 2.75) is 19.0 Å². The topological polar surface area (TPSA) is 45.2 Å². The molecule has 5 heteroatoms. The average Bonchev–Trinajstić information content (AvgIpc) is 2.89. The van der Waals surface area contributed by atoms with Crippen LogP contribution in [0.25, 0.3) is 0 Å². The van der Waals surface area contributed by atoms with E-state index in [0.29, 0.717) is 6.54 Å². The summed E-state index contributed by atoms with van der Waals surface area (Å²) in [6.07, 6.45) is 4.49. The standard InChI is InChI=1S/C15H17N3OS/c1-16-13-14-12(5-8-20-14)4-7-18(15(13)19)10-11-3-2-6-17-9-11/h2-3,5-6,8-9,13,16H,4,7,10H2,1H3. The molecule has 0 aliphatic carbocycles. The van der Waals surface area contributed by atoms with Crippen LogP contribution in [0.5, 0.6) is 0 Å². The quantitative estimate of drug-likeness (QED) is 0.939. The molecule has 4 nitrogen and oxygen atoms in total. The van der Waals surface area contributed by atoms with Crippen LogP contribution in [0.3, 0.4) is 0 Å². The number of pyridine rings is 1. The molecule has 0 saturated heterocycles. The number of hydrogen-bond donors (Lipinski definition) is 1. The molecule has 2 aromatic rings. The second kappa shape index (κ2) is 5.73. The normalized spacial score (nSPS) is 18.8. The molecule has 104 valence electrons. The first-order chi connectivity index (χ1) is 9.79. The van der Waals surface area contributed by atoms with Gasteiger partial charge in [-0.05, 0) is 42.1 Å². The Labute approximate surface area is 122 Å². The van der Waals surface area contributed by atoms with Gasteiger partial charge in [-0.25, -0.2) is 0 Å². The second-order valence-electron chi connectivity index (χ2n) is 4.90. The van der Waals surface area contributed by atoms with Crippen molar-refractivity contribution in [1.82, 2.24) is 15.2 Å². The van der Waals surface area contributed by atoms with Crippen LogP contribution in [0, 0.1) is 0 Å². The molecule has 3 heterocycles. The number of hydrogen-bond acceptors (Lipinski definition) is 4. The SMILES string of the molecule is CNC1C(=O)N(Cc2cccnc2)CCc2ccsc21. The molecule has 1 aliphatic heterocycles. The summed E-state index contributed by atoms with van der Waals surface area (Å²) in [5.41, 5.74) is 2.36. The summed E-state index contributed by atoms with van der Waals surface area (Å²) in [7, 11) is 1.85. The molecule has 20 heavy (non-hydrogen) atoms. The number of fused-ring (bicyclic) bond motifs is 1. The third-order valence-corrected chi connectivity index (χ3v) is 4.66. The first-order valence-corrected chi connectivity index (χ1v) is 7.59. The minimum Gasteiger partial charge on any atom is -0.336 e. The molecule has 2 aromatic heterocycles. The first kappa shape index (κ1) is 13.3. The highest BCUT2D eigenvalue weighted by Crippen LogP contribution is 2.29. The number of nitrogens with zero attached hydrogens (tertiary/aromatic N) is 2. The number of amides is 1. The summed E-state index contributed by atoms with van der Waals surface area (Å²) in [6, 6.07) is 5.83. The molecule has 0 fully saturated rings. The maximum atomic E-state index is 12.7. The van der Waals surface area contributed by atoms with Gasteiger partial charge in [-0.15, -0.1) is 11.3 Å². The lowest BCUT2D eigenvalue weighted by Crippen LogP contribution is -2.38. The van der Waals surface area contributed by atoms with Gasteiger partial charge < -0.3 is 10.2 Å². The Morgan fingerprint density at radius 3 is 3.15 bits per heavy atom. The van der Waals surface area contributed by atoms with Crippen molar-refractivity contribution in [3.05, 3.63) is 52.0 Å². The van der Waals surface area contributed by atoms with Gasteiger partial charge in [-0.1, -0.05) is 6.07 Å². The lowest BCUT2D eigenvalue weighted by atomic mass is 10.1. The van der Waals surface area contributed by atoms with Crippen molar-refractivity contribution in [2.24, 2.45) is 0 Å². The molecule has 1 amide bonds. The van der Waals surface area contributed by atoms with Gasteiger partial charge in [0.1, 0.15) is 6.04 Å². The van der Waals surface area contributed by atoms with E-state index in [2.05, 4.69) is 21.7 Å². The Morgan fingerprint density at radius 2 is 2.40 bits per heavy atom. The zero-order valence-corrected chi connectivity index (χ0v) is 12.2. The van der Waals surface area contributed by atoms with Crippen LogP contribution in [-0.4, -0.2) is 29.4 Å². The molecule has 0 bridgehead atoms. The lowest BCUT2D eigenvalue weighted by Gasteiger charge is -2.24. The van der Waals surface area contributed by atoms with Crippen LogP contribution in [0.2, 0.25) is 0 Å². The summed E-state index contributed by atoms with van der Waals surface area (Å²) >= 11 is 1.66. The van der Waals surface area contributed by atoms with Crippen LogP contribution in [0.1, 0.15) is 22.0 Å². The van der Waals surface area contributed by atoms with Gasteiger partial charge in [-0.2, -0.15) is 0 Å². The molecule has 0 spiro atoms. The highest BCUT2D eigenvalue weighted by molar-refractivity contribution is 7.10. The van der Waals surface area contributed by atoms with Crippen LogP contribution in [-0.2, 0) is 17.8 Å². The number of carbonyl (C=O) groups is 1. The van der Waals surface area contributed by atoms with Crippen molar-refractivity contribution in [3.8, 4) is 0 Å². The summed E-state index contributed by atoms with van der Waals surface area (Å²) in [6.45, 7) is 1.38. The molecule has 0 aromatic carbocycles. The largest absolute Gasteiger partial charge is 0.336 e. The molecular formula is C15H17N3OS. The van der Waals surface area contributed by atoms with E-state index >= 15 is 0 Å². The number of carbonyl (C=O) groups excluding carboxylic acids is 1. The smallest absolute Gasteiger partial charge is 0.245 e. The molecule has 1 aliphatic rings. The van der Waals surface area contributed by atoms with Gasteiger partial charge in [0.25, 0.3) is 0 Å². The third kappa shape index (κ3) is 2.46. The van der Waals surface area contributed by atoms with E-state index in [4.69, 9.17) is 0 Å². The number of nitrogens with one attached hydrogen (secondary N) is 1. The predicted octanol–water partition coefficient (Wildman–Crippen LogP) is 1.99. The van der Waals surface area contributed by atoms with Crippen LogP contribution in [0.15, 0.2) is 36.0 Å². The van der Waals surface area contributed by atoms with E-state index in [-0.39, 0.29) is 11.9 Å². The van der Waals surface area contributed by atoms with Gasteiger partial charge in [0.15, 0.2) is 0 Å². The fraction of sp³-hybridized carbons (Fsp3) is 0.333. The van der Waals surface area contributed by atoms with Crippen LogP contribution in [0.4, 0.5) is 0 Å². The number of thiophene rings is 1. The fourth-order valence-electron chi connectivity index (χ4n) is 2.59. The first-order valence-electron chi connectivity index (χ1n) is 6.71. The van der Waals surface area contributed by atoms with E-state index in [1.54, 1.807) is 17.5 Å². The van der Waals surface area contributed by atoms with Gasteiger partial charge in [0.05, 0.1) is 0 Å². The molecule has 1 atom stereocenters. The zero-order valence-electron chi connectivity index (χ0n) is 11.4. The summed E-state index contributed by atoms with van der Waals surface area (Å²) in [5, 5.41) is 5.22. The van der Waals surface area contributed by atoms with Crippen molar-refractivity contribution in [3.63, 3.8) is 0 Å². The highest BCUT2D eigenvalue weighted by atomic mass is 32.1. The molecule has 0 saturated carbocycles. The molecule has 3 rings (SSSR count). The van der Waals surface area contributed by atoms with E-state index in [0.717, 1.165) is 23.4 Å². The Morgan fingerprint density at radius 1 is 1.50 bits per heavy atom. The third-order valence-electron chi connectivity index (χ3n) is 3.64. The maximum absolute atomic E-state index is 12.7. The average molecular weight is 287 g/mol. The van der Waals surface area contributed by atoms with Gasteiger partial charge >= 0.3 is 0 Å². The van der Waals surface area contributed by atoms with E-state index in [1.807, 2.05) is 30.3 Å². The molecular weight excluding hydrogens is 270 g/mol. The summed E-state index contributed by atoms with van der Waals surface area (Å²) in [4.78, 5) is 19.9. The number of rotatable bonds is 3. The summed E-state index contributed by atoms with van der Waals surface area (Å²) in [5.74, 6) is 0.151. The minimum atomic E-state index is -0.218.